The lowest BCUT2D eigenvalue weighted by atomic mass is 10.2. The van der Waals surface area contributed by atoms with E-state index in [1.165, 1.54) is 0 Å². The number of nitrogens with one attached hydrogen (secondary N) is 2. The Balaban J connectivity index is 1.64. The van der Waals surface area contributed by atoms with E-state index >= 15 is 0 Å². The van der Waals surface area contributed by atoms with Gasteiger partial charge in [0.05, 0.1) is 19.3 Å². The number of ether oxygens (including phenoxy) is 1. The van der Waals surface area contributed by atoms with Crippen molar-refractivity contribution in [2.75, 3.05) is 65.5 Å². The second kappa shape index (κ2) is 8.56. The van der Waals surface area contributed by atoms with Gasteiger partial charge in [0.25, 0.3) is 0 Å². The number of hydrogen-bond acceptors (Lipinski definition) is 5. The van der Waals surface area contributed by atoms with Gasteiger partial charge in [-0.3, -0.25) is 14.6 Å². The zero-order chi connectivity index (χ0) is 14.2. The first-order valence-electron chi connectivity index (χ1n) is 7.81. The minimum absolute atomic E-state index is 0.115. The van der Waals surface area contributed by atoms with Gasteiger partial charge in [0.1, 0.15) is 0 Å². The van der Waals surface area contributed by atoms with Crippen molar-refractivity contribution in [1.82, 2.24) is 20.4 Å². The lowest BCUT2D eigenvalue weighted by molar-refractivity contribution is -0.123. The summed E-state index contributed by atoms with van der Waals surface area (Å²) in [6.45, 7) is 11.0. The van der Waals surface area contributed by atoms with Gasteiger partial charge in [0.15, 0.2) is 0 Å². The number of amides is 1. The summed E-state index contributed by atoms with van der Waals surface area (Å²) in [4.78, 5) is 16.6. The number of nitrogens with zero attached hydrogens (tertiary/aromatic N) is 2. The Hall–Kier alpha value is -0.690. The zero-order valence-electron chi connectivity index (χ0n) is 12.6. The molecule has 0 aromatic rings. The molecule has 2 aliphatic heterocycles. The topological polar surface area (TPSA) is 56.8 Å². The first kappa shape index (κ1) is 15.7. The van der Waals surface area contributed by atoms with E-state index in [1.807, 2.05) is 0 Å². The van der Waals surface area contributed by atoms with Gasteiger partial charge in [0.2, 0.25) is 5.91 Å². The second-order valence-electron chi connectivity index (χ2n) is 5.57. The van der Waals surface area contributed by atoms with Crippen LogP contribution in [0.25, 0.3) is 0 Å². The standard InChI is InChI=1S/C14H28N4O2/c1-2-17-8-9-20-13(11-17)10-16-14(19)12-18-6-3-4-15-5-7-18/h13,15H,2-12H2,1H3,(H,16,19). The molecule has 0 radical (unpaired) electrons. The summed E-state index contributed by atoms with van der Waals surface area (Å²) in [7, 11) is 0. The summed E-state index contributed by atoms with van der Waals surface area (Å²) < 4.78 is 5.69. The first-order valence-corrected chi connectivity index (χ1v) is 7.81. The fourth-order valence-corrected chi connectivity index (χ4v) is 2.74. The van der Waals surface area contributed by atoms with E-state index in [0.29, 0.717) is 13.1 Å². The Morgan fingerprint density at radius 3 is 3.05 bits per heavy atom. The van der Waals surface area contributed by atoms with E-state index in [1.54, 1.807) is 0 Å². The number of morpholine rings is 1. The highest BCUT2D eigenvalue weighted by molar-refractivity contribution is 5.78. The van der Waals surface area contributed by atoms with Crippen LogP contribution in [0.1, 0.15) is 13.3 Å². The van der Waals surface area contributed by atoms with Crippen molar-refractivity contribution in [3.8, 4) is 0 Å². The number of carbonyl (C=O) groups is 1. The van der Waals surface area contributed by atoms with E-state index in [4.69, 9.17) is 4.74 Å². The van der Waals surface area contributed by atoms with Crippen molar-refractivity contribution in [1.29, 1.82) is 0 Å². The number of hydrogen-bond donors (Lipinski definition) is 2. The lowest BCUT2D eigenvalue weighted by Crippen LogP contribution is -2.48. The van der Waals surface area contributed by atoms with Crippen LogP contribution in [0.3, 0.4) is 0 Å². The average molecular weight is 284 g/mol. The molecule has 6 heteroatoms. The third kappa shape index (κ3) is 5.36. The molecule has 2 aliphatic rings. The molecule has 20 heavy (non-hydrogen) atoms. The lowest BCUT2D eigenvalue weighted by Gasteiger charge is -2.32. The molecule has 1 unspecified atom stereocenters. The Labute approximate surface area is 121 Å². The van der Waals surface area contributed by atoms with Crippen LogP contribution >= 0.6 is 0 Å². The molecule has 1 atom stereocenters. The fourth-order valence-electron chi connectivity index (χ4n) is 2.74. The Bertz CT molecular complexity index is 293. The highest BCUT2D eigenvalue weighted by Gasteiger charge is 2.20. The van der Waals surface area contributed by atoms with Crippen molar-refractivity contribution >= 4 is 5.91 Å². The van der Waals surface area contributed by atoms with Gasteiger partial charge in [-0.25, -0.2) is 0 Å². The molecule has 116 valence electrons. The zero-order valence-corrected chi connectivity index (χ0v) is 12.6. The van der Waals surface area contributed by atoms with Crippen LogP contribution in [-0.4, -0.2) is 87.3 Å². The minimum atomic E-state index is 0.115. The van der Waals surface area contributed by atoms with Crippen molar-refractivity contribution in [2.45, 2.75) is 19.4 Å². The van der Waals surface area contributed by atoms with Gasteiger partial charge in [0, 0.05) is 32.7 Å². The summed E-state index contributed by atoms with van der Waals surface area (Å²) >= 11 is 0. The molecule has 2 N–H and O–H groups in total. The van der Waals surface area contributed by atoms with Crippen LogP contribution in [0.15, 0.2) is 0 Å². The highest BCUT2D eigenvalue weighted by atomic mass is 16.5. The predicted molar refractivity (Wildman–Crippen MR) is 78.8 cm³/mol. The summed E-state index contributed by atoms with van der Waals surface area (Å²) in [5, 5.41) is 6.36. The van der Waals surface area contributed by atoms with Gasteiger partial charge in [-0.1, -0.05) is 6.92 Å². The maximum atomic E-state index is 12.0. The first-order chi connectivity index (χ1) is 9.78. The van der Waals surface area contributed by atoms with E-state index in [0.717, 1.165) is 58.8 Å². The molecule has 2 saturated heterocycles. The fraction of sp³-hybridized carbons (Fsp3) is 0.929. The molecule has 0 aromatic carbocycles. The molecule has 0 spiro atoms. The maximum absolute atomic E-state index is 12.0. The third-order valence-corrected chi connectivity index (χ3v) is 4.00. The molecule has 2 heterocycles. The van der Waals surface area contributed by atoms with Crippen molar-refractivity contribution in [3.63, 3.8) is 0 Å². The summed E-state index contributed by atoms with van der Waals surface area (Å²) in [6, 6.07) is 0. The predicted octanol–water partition coefficient (Wildman–Crippen LogP) is -0.881. The van der Waals surface area contributed by atoms with Crippen molar-refractivity contribution < 1.29 is 9.53 Å². The van der Waals surface area contributed by atoms with Crippen molar-refractivity contribution in [3.05, 3.63) is 0 Å². The van der Waals surface area contributed by atoms with Gasteiger partial charge in [-0.05, 0) is 26.1 Å². The molecule has 2 fully saturated rings. The largest absolute Gasteiger partial charge is 0.374 e. The quantitative estimate of drug-likeness (QED) is 0.686. The van der Waals surface area contributed by atoms with E-state index in [9.17, 15) is 4.79 Å². The van der Waals surface area contributed by atoms with Gasteiger partial charge in [-0.15, -0.1) is 0 Å². The van der Waals surface area contributed by atoms with Crippen LogP contribution in [-0.2, 0) is 9.53 Å². The molecule has 1 amide bonds. The van der Waals surface area contributed by atoms with Crippen LogP contribution in [0, 0.1) is 0 Å². The van der Waals surface area contributed by atoms with Crippen LogP contribution in [0.4, 0.5) is 0 Å². The number of rotatable bonds is 5. The molecule has 6 nitrogen and oxygen atoms in total. The third-order valence-electron chi connectivity index (χ3n) is 4.00. The summed E-state index contributed by atoms with van der Waals surface area (Å²) in [5.74, 6) is 0.115. The van der Waals surface area contributed by atoms with Crippen LogP contribution < -0.4 is 10.6 Å². The van der Waals surface area contributed by atoms with E-state index < -0.39 is 0 Å². The SMILES string of the molecule is CCN1CCOC(CNC(=O)CN2CCCNCC2)C1. The van der Waals surface area contributed by atoms with E-state index in [2.05, 4.69) is 27.4 Å². The van der Waals surface area contributed by atoms with Gasteiger partial charge in [-0.2, -0.15) is 0 Å². The van der Waals surface area contributed by atoms with Gasteiger partial charge >= 0.3 is 0 Å². The highest BCUT2D eigenvalue weighted by Crippen LogP contribution is 2.03. The molecule has 0 aromatic heterocycles. The number of carbonyl (C=O) groups excluding carboxylic acids is 1. The molecule has 0 aliphatic carbocycles. The monoisotopic (exact) mass is 284 g/mol. The smallest absolute Gasteiger partial charge is 0.234 e. The van der Waals surface area contributed by atoms with Crippen molar-refractivity contribution in [2.24, 2.45) is 0 Å². The summed E-state index contributed by atoms with van der Waals surface area (Å²) in [6.07, 6.45) is 1.25. The van der Waals surface area contributed by atoms with E-state index in [-0.39, 0.29) is 12.0 Å². The number of likely N-dealkylation sites (N-methyl/N-ethyl adjacent to an activating group) is 1. The minimum Gasteiger partial charge on any atom is -0.374 e. The van der Waals surface area contributed by atoms with Crippen LogP contribution in [0.5, 0.6) is 0 Å². The Morgan fingerprint density at radius 2 is 2.20 bits per heavy atom. The molecule has 2 rings (SSSR count). The van der Waals surface area contributed by atoms with Gasteiger partial charge < -0.3 is 15.4 Å². The normalized spacial score (nSPS) is 26.1. The van der Waals surface area contributed by atoms with Crippen LogP contribution in [0.2, 0.25) is 0 Å². The molecular weight excluding hydrogens is 256 g/mol. The average Bonchev–Trinajstić information content (AvgIpc) is 2.74. The second-order valence-corrected chi connectivity index (χ2v) is 5.57. The molecule has 0 bridgehead atoms. The molecule has 0 saturated carbocycles. The Morgan fingerprint density at radius 1 is 1.30 bits per heavy atom. The Kier molecular flexibility index (Phi) is 6.72. The molecular formula is C14H28N4O2. The summed E-state index contributed by atoms with van der Waals surface area (Å²) in [5.41, 5.74) is 0. The maximum Gasteiger partial charge on any atom is 0.234 e.